The molecule has 1 amide bonds. The molecule has 146 valence electrons. The molecule has 1 aliphatic rings. The van der Waals surface area contributed by atoms with Gasteiger partial charge in [0.05, 0.1) is 5.56 Å². The van der Waals surface area contributed by atoms with E-state index in [0.29, 0.717) is 11.5 Å². The van der Waals surface area contributed by atoms with Crippen molar-refractivity contribution in [1.29, 1.82) is 0 Å². The highest BCUT2D eigenvalue weighted by Gasteiger charge is 2.43. The number of aliphatic imine (C=N–C) groups is 1. The van der Waals surface area contributed by atoms with Crippen LogP contribution in [0.25, 0.3) is 0 Å². The number of rotatable bonds is 6. The number of esters is 1. The van der Waals surface area contributed by atoms with Gasteiger partial charge in [0.25, 0.3) is 5.91 Å². The Morgan fingerprint density at radius 1 is 1.29 bits per heavy atom. The molecule has 0 bridgehead atoms. The minimum Gasteiger partial charge on any atom is -0.457 e. The largest absolute Gasteiger partial charge is 0.457 e. The van der Waals surface area contributed by atoms with Crippen LogP contribution in [0.1, 0.15) is 54.9 Å². The van der Waals surface area contributed by atoms with Gasteiger partial charge in [0, 0.05) is 24.2 Å². The minimum absolute atomic E-state index is 0.000831. The molecule has 3 rings (SSSR count). The van der Waals surface area contributed by atoms with Crippen molar-refractivity contribution in [3.63, 3.8) is 0 Å². The van der Waals surface area contributed by atoms with E-state index < -0.39 is 11.5 Å². The summed E-state index contributed by atoms with van der Waals surface area (Å²) in [4.78, 5) is 38.2. The summed E-state index contributed by atoms with van der Waals surface area (Å²) in [6.45, 7) is 7.73. The van der Waals surface area contributed by atoms with Gasteiger partial charge in [-0.05, 0) is 37.0 Å². The number of nitrogens with zero attached hydrogens (tertiary/aromatic N) is 3. The number of nitrogens with one attached hydrogen (secondary N) is 1. The summed E-state index contributed by atoms with van der Waals surface area (Å²) in [5.41, 5.74) is 1.41. The predicted molar refractivity (Wildman–Crippen MR) is 105 cm³/mol. The number of hydrogen-bond donors (Lipinski definition) is 1. The number of amidine groups is 1. The molecule has 1 aliphatic heterocycles. The zero-order chi connectivity index (χ0) is 20.3. The molecule has 0 aromatic carbocycles. The van der Waals surface area contributed by atoms with Crippen molar-refractivity contribution >= 4 is 17.7 Å². The number of aryl methyl sites for hydroxylation is 1. The lowest BCUT2D eigenvalue weighted by Gasteiger charge is -2.21. The van der Waals surface area contributed by atoms with E-state index in [1.165, 1.54) is 0 Å². The van der Waals surface area contributed by atoms with Gasteiger partial charge in [-0.3, -0.25) is 14.8 Å². The summed E-state index contributed by atoms with van der Waals surface area (Å²) in [5, 5.41) is 2.78. The Labute approximate surface area is 164 Å². The summed E-state index contributed by atoms with van der Waals surface area (Å²) in [6.07, 6.45) is 5.71. The Morgan fingerprint density at radius 2 is 2.07 bits per heavy atom. The normalized spacial score (nSPS) is 18.8. The molecule has 0 fully saturated rings. The molecule has 2 aromatic rings. The second kappa shape index (κ2) is 7.88. The molecule has 0 saturated heterocycles. The van der Waals surface area contributed by atoms with Gasteiger partial charge >= 0.3 is 5.97 Å². The average Bonchev–Trinajstić information content (AvgIpc) is 3.02. The molecule has 0 spiro atoms. The third kappa shape index (κ3) is 3.78. The topological polar surface area (TPSA) is 93.5 Å². The van der Waals surface area contributed by atoms with Crippen LogP contribution in [0.5, 0.6) is 0 Å². The van der Waals surface area contributed by atoms with Crippen molar-refractivity contribution < 1.29 is 14.3 Å². The summed E-state index contributed by atoms with van der Waals surface area (Å²) in [5.74, 6) is -0.414. The third-order valence-electron chi connectivity index (χ3n) is 5.05. The second-order valence-electron chi connectivity index (χ2n) is 7.25. The molecule has 3 heterocycles. The van der Waals surface area contributed by atoms with Crippen LogP contribution in [0, 0.1) is 5.92 Å². The zero-order valence-electron chi connectivity index (χ0n) is 16.5. The van der Waals surface area contributed by atoms with Gasteiger partial charge < -0.3 is 10.1 Å². The molecule has 0 aliphatic carbocycles. The summed E-state index contributed by atoms with van der Waals surface area (Å²) >= 11 is 0. The van der Waals surface area contributed by atoms with Gasteiger partial charge in [-0.15, -0.1) is 0 Å². The lowest BCUT2D eigenvalue weighted by Crippen LogP contribution is -2.41. The smallest absolute Gasteiger partial charge is 0.340 e. The van der Waals surface area contributed by atoms with Crippen LogP contribution in [0.4, 0.5) is 0 Å². The zero-order valence-corrected chi connectivity index (χ0v) is 16.5. The first-order valence-electron chi connectivity index (χ1n) is 9.31. The number of carbonyl (C=O) groups excluding carboxylic acids is 2. The van der Waals surface area contributed by atoms with Gasteiger partial charge in [-0.2, -0.15) is 0 Å². The van der Waals surface area contributed by atoms with Crippen LogP contribution in [0.15, 0.2) is 41.8 Å². The molecule has 2 aromatic heterocycles. The number of carbonyl (C=O) groups is 2. The Bertz CT molecular complexity index is 925. The molecule has 1 atom stereocenters. The highest BCUT2D eigenvalue weighted by Crippen LogP contribution is 2.27. The van der Waals surface area contributed by atoms with Crippen molar-refractivity contribution in [2.75, 3.05) is 0 Å². The van der Waals surface area contributed by atoms with Crippen molar-refractivity contribution in [2.24, 2.45) is 10.9 Å². The highest BCUT2D eigenvalue weighted by atomic mass is 16.5. The SMILES string of the molecule is CCc1cnc(C2=NC(C)(C(C)C)C(=O)N2)c(C(=O)OCc2cccnc2)c1. The van der Waals surface area contributed by atoms with Crippen LogP contribution in [-0.4, -0.2) is 33.2 Å². The van der Waals surface area contributed by atoms with Crippen LogP contribution in [0.3, 0.4) is 0 Å². The number of aromatic nitrogens is 2. The number of hydrogen-bond acceptors (Lipinski definition) is 6. The van der Waals surface area contributed by atoms with E-state index in [4.69, 9.17) is 4.74 Å². The van der Waals surface area contributed by atoms with Gasteiger partial charge in [0.1, 0.15) is 17.8 Å². The van der Waals surface area contributed by atoms with Gasteiger partial charge in [-0.25, -0.2) is 9.79 Å². The quantitative estimate of drug-likeness (QED) is 0.778. The lowest BCUT2D eigenvalue weighted by atomic mass is 9.89. The molecular weight excluding hydrogens is 356 g/mol. The van der Waals surface area contributed by atoms with E-state index in [1.807, 2.05) is 26.8 Å². The standard InChI is InChI=1S/C21H24N4O3/c1-5-14-9-16(19(26)28-12-15-7-6-8-22-10-15)17(23-11-14)18-24-20(27)21(4,25-18)13(2)3/h6-11,13H,5,12H2,1-4H3,(H,24,25,27). The molecule has 0 radical (unpaired) electrons. The van der Waals surface area contributed by atoms with Crippen LogP contribution in [-0.2, 0) is 22.6 Å². The van der Waals surface area contributed by atoms with E-state index in [1.54, 1.807) is 37.6 Å². The molecule has 1 unspecified atom stereocenters. The Hall–Kier alpha value is -3.09. The van der Waals surface area contributed by atoms with Crippen LogP contribution >= 0.6 is 0 Å². The van der Waals surface area contributed by atoms with Crippen molar-refractivity contribution in [1.82, 2.24) is 15.3 Å². The first-order chi connectivity index (χ1) is 13.3. The third-order valence-corrected chi connectivity index (χ3v) is 5.05. The minimum atomic E-state index is -0.892. The van der Waals surface area contributed by atoms with Gasteiger partial charge in [-0.1, -0.05) is 26.8 Å². The highest BCUT2D eigenvalue weighted by molar-refractivity contribution is 6.17. The lowest BCUT2D eigenvalue weighted by molar-refractivity contribution is -0.124. The van der Waals surface area contributed by atoms with Crippen LogP contribution in [0.2, 0.25) is 0 Å². The monoisotopic (exact) mass is 380 g/mol. The maximum absolute atomic E-state index is 12.8. The van der Waals surface area contributed by atoms with Gasteiger partial charge in [0.2, 0.25) is 0 Å². The predicted octanol–water partition coefficient (Wildman–Crippen LogP) is 2.69. The average molecular weight is 380 g/mol. The van der Waals surface area contributed by atoms with Crippen molar-refractivity contribution in [2.45, 2.75) is 46.3 Å². The van der Waals surface area contributed by atoms with E-state index >= 15 is 0 Å². The molecular formula is C21H24N4O3. The molecule has 7 heteroatoms. The first-order valence-corrected chi connectivity index (χ1v) is 9.31. The Balaban J connectivity index is 1.93. The maximum Gasteiger partial charge on any atom is 0.340 e. The van der Waals surface area contributed by atoms with Crippen LogP contribution < -0.4 is 5.32 Å². The van der Waals surface area contributed by atoms with E-state index in [0.717, 1.165) is 17.5 Å². The van der Waals surface area contributed by atoms with E-state index in [-0.39, 0.29) is 24.0 Å². The summed E-state index contributed by atoms with van der Waals surface area (Å²) in [6, 6.07) is 5.36. The maximum atomic E-state index is 12.8. The second-order valence-corrected chi connectivity index (χ2v) is 7.25. The van der Waals surface area contributed by atoms with Crippen molar-refractivity contribution in [3.05, 3.63) is 59.2 Å². The first kappa shape index (κ1) is 19.7. The molecule has 0 saturated carbocycles. The molecule has 7 nitrogen and oxygen atoms in total. The Morgan fingerprint density at radius 3 is 2.68 bits per heavy atom. The molecule has 28 heavy (non-hydrogen) atoms. The van der Waals surface area contributed by atoms with Crippen molar-refractivity contribution in [3.8, 4) is 0 Å². The van der Waals surface area contributed by atoms with E-state index in [2.05, 4.69) is 20.3 Å². The number of amides is 1. The Kier molecular flexibility index (Phi) is 5.53. The fourth-order valence-electron chi connectivity index (χ4n) is 2.80. The fourth-order valence-corrected chi connectivity index (χ4v) is 2.80. The summed E-state index contributed by atoms with van der Waals surface area (Å²) < 4.78 is 5.45. The molecule has 1 N–H and O–H groups in total. The fraction of sp³-hybridized carbons (Fsp3) is 0.381. The summed E-state index contributed by atoms with van der Waals surface area (Å²) in [7, 11) is 0. The number of pyridine rings is 2. The van der Waals surface area contributed by atoms with E-state index in [9.17, 15) is 9.59 Å². The van der Waals surface area contributed by atoms with Gasteiger partial charge in [0.15, 0.2) is 5.84 Å². The number of ether oxygens (including phenoxy) is 1.